The first-order valence-electron chi connectivity index (χ1n) is 10.8. The van der Waals surface area contributed by atoms with Crippen LogP contribution in [0.4, 0.5) is 4.79 Å². The lowest BCUT2D eigenvalue weighted by Gasteiger charge is -2.37. The number of carbonyl (C=O) groups excluding carboxylic acids is 1. The highest BCUT2D eigenvalue weighted by Crippen LogP contribution is 2.36. The molecule has 0 aliphatic carbocycles. The molecule has 0 saturated carbocycles. The second-order valence-corrected chi connectivity index (χ2v) is 10.5. The van der Waals surface area contributed by atoms with Crippen molar-refractivity contribution >= 4 is 34.9 Å². The SMILES string of the molecule is CCn1nccc1-c1cc(C(=O)NC(Cc2ccccc2)C(NC(=O)O)C(C)(C)C)sc1Cl. The first-order chi connectivity index (χ1) is 15.6. The van der Waals surface area contributed by atoms with Crippen LogP contribution >= 0.6 is 22.9 Å². The molecule has 3 N–H and O–H groups in total. The Labute approximate surface area is 202 Å². The van der Waals surface area contributed by atoms with Crippen molar-refractivity contribution in [3.8, 4) is 11.3 Å². The Morgan fingerprint density at radius 3 is 2.48 bits per heavy atom. The van der Waals surface area contributed by atoms with Crippen LogP contribution in [0.15, 0.2) is 48.7 Å². The highest BCUT2D eigenvalue weighted by Gasteiger charge is 2.35. The molecule has 3 rings (SSSR count). The number of aromatic nitrogens is 2. The fourth-order valence-corrected chi connectivity index (χ4v) is 5.08. The molecule has 7 nitrogen and oxygen atoms in total. The number of amides is 2. The van der Waals surface area contributed by atoms with E-state index in [1.807, 2.05) is 68.8 Å². The summed E-state index contributed by atoms with van der Waals surface area (Å²) in [7, 11) is 0. The summed E-state index contributed by atoms with van der Waals surface area (Å²) in [6.45, 7) is 8.52. The van der Waals surface area contributed by atoms with Crippen LogP contribution < -0.4 is 10.6 Å². The molecule has 0 radical (unpaired) electrons. The van der Waals surface area contributed by atoms with E-state index in [1.54, 1.807) is 12.3 Å². The van der Waals surface area contributed by atoms with Crippen molar-refractivity contribution in [1.82, 2.24) is 20.4 Å². The number of benzene rings is 1. The fourth-order valence-electron chi connectivity index (χ4n) is 3.88. The maximum Gasteiger partial charge on any atom is 0.404 e. The Balaban J connectivity index is 1.91. The van der Waals surface area contributed by atoms with E-state index in [9.17, 15) is 14.7 Å². The minimum atomic E-state index is -1.13. The molecule has 1 aromatic carbocycles. The van der Waals surface area contributed by atoms with Gasteiger partial charge < -0.3 is 15.7 Å². The molecule has 2 amide bonds. The lowest BCUT2D eigenvalue weighted by Crippen LogP contribution is -2.58. The average Bonchev–Trinajstić information content (AvgIpc) is 3.37. The van der Waals surface area contributed by atoms with Crippen LogP contribution in [0.2, 0.25) is 4.34 Å². The second-order valence-electron chi connectivity index (χ2n) is 8.89. The van der Waals surface area contributed by atoms with Crippen LogP contribution in [-0.2, 0) is 13.0 Å². The smallest absolute Gasteiger partial charge is 0.404 e. The Kier molecular flexibility index (Phi) is 7.81. The number of nitrogens with one attached hydrogen (secondary N) is 2. The molecule has 176 valence electrons. The normalized spacial score (nSPS) is 13.4. The van der Waals surface area contributed by atoms with Crippen molar-refractivity contribution in [3.05, 3.63) is 63.4 Å². The molecular formula is C24H29ClN4O3S. The van der Waals surface area contributed by atoms with E-state index >= 15 is 0 Å². The van der Waals surface area contributed by atoms with Gasteiger partial charge in [0.1, 0.15) is 4.34 Å². The Hall–Kier alpha value is -2.84. The Morgan fingerprint density at radius 1 is 1.18 bits per heavy atom. The summed E-state index contributed by atoms with van der Waals surface area (Å²) in [5.41, 5.74) is 2.17. The first kappa shape index (κ1) is 24.8. The molecular weight excluding hydrogens is 460 g/mol. The highest BCUT2D eigenvalue weighted by atomic mass is 35.5. The summed E-state index contributed by atoms with van der Waals surface area (Å²) in [4.78, 5) is 25.3. The number of nitrogens with zero attached hydrogens (tertiary/aromatic N) is 2. The quantitative estimate of drug-likeness (QED) is 0.400. The van der Waals surface area contributed by atoms with Crippen molar-refractivity contribution in [2.24, 2.45) is 5.41 Å². The van der Waals surface area contributed by atoms with E-state index in [4.69, 9.17) is 11.6 Å². The van der Waals surface area contributed by atoms with Crippen LogP contribution in [0.25, 0.3) is 11.3 Å². The van der Waals surface area contributed by atoms with Crippen LogP contribution in [0.5, 0.6) is 0 Å². The van der Waals surface area contributed by atoms with Gasteiger partial charge in [-0.25, -0.2) is 4.79 Å². The van der Waals surface area contributed by atoms with Gasteiger partial charge in [-0.1, -0.05) is 62.7 Å². The molecule has 2 atom stereocenters. The van der Waals surface area contributed by atoms with Gasteiger partial charge in [-0.3, -0.25) is 9.48 Å². The van der Waals surface area contributed by atoms with E-state index in [-0.39, 0.29) is 5.91 Å². The number of halogens is 1. The summed E-state index contributed by atoms with van der Waals surface area (Å²) < 4.78 is 2.33. The van der Waals surface area contributed by atoms with Gasteiger partial charge in [-0.15, -0.1) is 11.3 Å². The lowest BCUT2D eigenvalue weighted by atomic mass is 9.80. The molecule has 0 bridgehead atoms. The summed E-state index contributed by atoms with van der Waals surface area (Å²) in [6, 6.07) is 12.3. The third kappa shape index (κ3) is 6.15. The number of aryl methyl sites for hydroxylation is 1. The number of hydrogen-bond acceptors (Lipinski definition) is 4. The van der Waals surface area contributed by atoms with Gasteiger partial charge in [0.15, 0.2) is 0 Å². The van der Waals surface area contributed by atoms with Gasteiger partial charge >= 0.3 is 6.09 Å². The number of rotatable bonds is 8. The number of thiophene rings is 1. The van der Waals surface area contributed by atoms with Crippen molar-refractivity contribution in [2.45, 2.75) is 52.7 Å². The lowest BCUT2D eigenvalue weighted by molar-refractivity contribution is 0.0905. The average molecular weight is 489 g/mol. The van der Waals surface area contributed by atoms with E-state index in [0.29, 0.717) is 22.2 Å². The van der Waals surface area contributed by atoms with Gasteiger partial charge in [0.2, 0.25) is 0 Å². The first-order valence-corrected chi connectivity index (χ1v) is 11.9. The van der Waals surface area contributed by atoms with E-state index < -0.39 is 23.6 Å². The zero-order valence-electron chi connectivity index (χ0n) is 19.1. The van der Waals surface area contributed by atoms with Crippen molar-refractivity contribution in [2.75, 3.05) is 0 Å². The number of hydrogen-bond donors (Lipinski definition) is 3. The van der Waals surface area contributed by atoms with Crippen molar-refractivity contribution < 1.29 is 14.7 Å². The third-order valence-corrected chi connectivity index (χ3v) is 6.79. The molecule has 0 fully saturated rings. The minimum absolute atomic E-state index is 0.293. The molecule has 2 heterocycles. The summed E-state index contributed by atoms with van der Waals surface area (Å²) in [5.74, 6) is -0.293. The highest BCUT2D eigenvalue weighted by molar-refractivity contribution is 7.18. The zero-order valence-corrected chi connectivity index (χ0v) is 20.7. The Bertz CT molecular complexity index is 1100. The largest absolute Gasteiger partial charge is 0.465 e. The molecule has 0 aliphatic rings. The monoisotopic (exact) mass is 488 g/mol. The molecule has 0 aliphatic heterocycles. The van der Waals surface area contributed by atoms with Crippen LogP contribution in [0.1, 0.15) is 42.9 Å². The van der Waals surface area contributed by atoms with Gasteiger partial charge in [0.25, 0.3) is 5.91 Å². The third-order valence-electron chi connectivity index (χ3n) is 5.43. The number of carboxylic acid groups (broad SMARTS) is 1. The molecule has 2 aromatic heterocycles. The Morgan fingerprint density at radius 2 is 1.88 bits per heavy atom. The summed E-state index contributed by atoms with van der Waals surface area (Å²) >= 11 is 7.68. The number of carbonyl (C=O) groups is 2. The minimum Gasteiger partial charge on any atom is -0.465 e. The van der Waals surface area contributed by atoms with Crippen molar-refractivity contribution in [3.63, 3.8) is 0 Å². The fraction of sp³-hybridized carbons (Fsp3) is 0.375. The topological polar surface area (TPSA) is 96.3 Å². The maximum absolute atomic E-state index is 13.3. The molecule has 0 saturated heterocycles. The van der Waals surface area contributed by atoms with Gasteiger partial charge in [0, 0.05) is 18.3 Å². The maximum atomic E-state index is 13.3. The van der Waals surface area contributed by atoms with Gasteiger partial charge in [0.05, 0.1) is 22.7 Å². The van der Waals surface area contributed by atoms with Gasteiger partial charge in [-0.2, -0.15) is 5.10 Å². The molecule has 9 heteroatoms. The standard InChI is InChI=1S/C24H29ClN4O3S/c1-5-29-18(11-12-26-29)16-14-19(33-21(16)25)22(30)27-17(13-15-9-7-6-8-10-15)20(24(2,3)4)28-23(31)32/h6-12,14,17,20,28H,5,13H2,1-4H3,(H,27,30)(H,31,32). The second kappa shape index (κ2) is 10.4. The van der Waals surface area contributed by atoms with Crippen molar-refractivity contribution in [1.29, 1.82) is 0 Å². The van der Waals surface area contributed by atoms with Crippen LogP contribution in [0.3, 0.4) is 0 Å². The molecule has 0 spiro atoms. The summed E-state index contributed by atoms with van der Waals surface area (Å²) in [5, 5.41) is 19.4. The predicted octanol–water partition coefficient (Wildman–Crippen LogP) is 5.31. The van der Waals surface area contributed by atoms with E-state index in [0.717, 1.165) is 16.8 Å². The van der Waals surface area contributed by atoms with Gasteiger partial charge in [-0.05, 0) is 36.5 Å². The zero-order chi connectivity index (χ0) is 24.2. The van der Waals surface area contributed by atoms with Crippen LogP contribution in [-0.4, -0.2) is 39.0 Å². The van der Waals surface area contributed by atoms with E-state index in [1.165, 1.54) is 11.3 Å². The summed E-state index contributed by atoms with van der Waals surface area (Å²) in [6.07, 6.45) is 1.05. The molecule has 3 aromatic rings. The van der Waals surface area contributed by atoms with Crippen LogP contribution in [0, 0.1) is 5.41 Å². The van der Waals surface area contributed by atoms with E-state index in [2.05, 4.69) is 15.7 Å². The predicted molar refractivity (Wildman–Crippen MR) is 132 cm³/mol. The molecule has 2 unspecified atom stereocenters. The molecule has 33 heavy (non-hydrogen) atoms.